The van der Waals surface area contributed by atoms with E-state index in [0.29, 0.717) is 30.8 Å². The minimum absolute atomic E-state index is 0.0622. The van der Waals surface area contributed by atoms with Crippen molar-refractivity contribution in [2.45, 2.75) is 19.3 Å². The molecule has 2 amide bonds. The highest BCUT2D eigenvalue weighted by molar-refractivity contribution is 5.90. The topological polar surface area (TPSA) is 107 Å². The monoisotopic (exact) mass is 265 g/mol. The molecule has 0 fully saturated rings. The summed E-state index contributed by atoms with van der Waals surface area (Å²) in [5.41, 5.74) is 11.0. The van der Waals surface area contributed by atoms with Crippen LogP contribution in [-0.2, 0) is 9.59 Å². The zero-order valence-electron chi connectivity index (χ0n) is 10.7. The van der Waals surface area contributed by atoms with Gasteiger partial charge in [-0.25, -0.2) is 0 Å². The van der Waals surface area contributed by atoms with Crippen molar-refractivity contribution >= 4 is 17.5 Å². The Morgan fingerprint density at radius 3 is 2.42 bits per heavy atom. The van der Waals surface area contributed by atoms with E-state index in [1.807, 2.05) is 0 Å². The number of nitrogens with one attached hydrogen (secondary N) is 1. The first-order valence-electron chi connectivity index (χ1n) is 6.13. The summed E-state index contributed by atoms with van der Waals surface area (Å²) in [5, 5.41) is 2.75. The summed E-state index contributed by atoms with van der Waals surface area (Å²) in [6, 6.07) is 6.92. The molecule has 0 atom stereocenters. The molecule has 104 valence electrons. The Labute approximate surface area is 112 Å². The summed E-state index contributed by atoms with van der Waals surface area (Å²) in [6.07, 6.45) is 1.26. The van der Waals surface area contributed by atoms with E-state index in [9.17, 15) is 9.59 Å². The number of carbonyl (C=O) groups is 2. The van der Waals surface area contributed by atoms with Crippen molar-refractivity contribution in [3.8, 4) is 5.75 Å². The molecule has 1 aromatic rings. The second kappa shape index (κ2) is 8.10. The lowest BCUT2D eigenvalue weighted by Crippen LogP contribution is -2.14. The van der Waals surface area contributed by atoms with Gasteiger partial charge >= 0.3 is 0 Å². The Hall–Kier alpha value is -2.08. The van der Waals surface area contributed by atoms with Gasteiger partial charge in [0.1, 0.15) is 5.75 Å². The van der Waals surface area contributed by atoms with Crippen LogP contribution in [0.3, 0.4) is 0 Å². The second-order valence-electron chi connectivity index (χ2n) is 4.03. The van der Waals surface area contributed by atoms with E-state index in [1.54, 1.807) is 24.3 Å². The van der Waals surface area contributed by atoms with E-state index < -0.39 is 5.91 Å². The lowest BCUT2D eigenvalue weighted by molar-refractivity contribution is -0.118. The first-order valence-corrected chi connectivity index (χ1v) is 6.13. The van der Waals surface area contributed by atoms with Gasteiger partial charge in [-0.05, 0) is 37.2 Å². The van der Waals surface area contributed by atoms with Gasteiger partial charge in [-0.1, -0.05) is 0 Å². The van der Waals surface area contributed by atoms with Gasteiger partial charge in [0.15, 0.2) is 0 Å². The number of rotatable bonds is 8. The molecule has 5 N–H and O–H groups in total. The van der Waals surface area contributed by atoms with Gasteiger partial charge in [0.05, 0.1) is 13.0 Å². The highest BCUT2D eigenvalue weighted by Gasteiger charge is 2.02. The average molecular weight is 265 g/mol. The van der Waals surface area contributed by atoms with Crippen LogP contribution in [0.5, 0.6) is 5.75 Å². The average Bonchev–Trinajstić information content (AvgIpc) is 2.38. The summed E-state index contributed by atoms with van der Waals surface area (Å²) in [4.78, 5) is 22.0. The molecule has 6 nitrogen and oxygen atoms in total. The lowest BCUT2D eigenvalue weighted by Gasteiger charge is -2.07. The minimum Gasteiger partial charge on any atom is -0.493 e. The predicted octanol–water partition coefficient (Wildman–Crippen LogP) is 0.618. The van der Waals surface area contributed by atoms with Crippen LogP contribution in [0, 0.1) is 0 Å². The number of amides is 2. The third kappa shape index (κ3) is 6.42. The van der Waals surface area contributed by atoms with Crippen molar-refractivity contribution in [2.24, 2.45) is 11.5 Å². The van der Waals surface area contributed by atoms with Crippen LogP contribution in [-0.4, -0.2) is 25.0 Å². The van der Waals surface area contributed by atoms with Crippen molar-refractivity contribution in [1.82, 2.24) is 0 Å². The number of anilines is 1. The first-order chi connectivity index (χ1) is 9.11. The Kier molecular flexibility index (Phi) is 6.38. The van der Waals surface area contributed by atoms with Crippen molar-refractivity contribution in [2.75, 3.05) is 18.5 Å². The van der Waals surface area contributed by atoms with Crippen LogP contribution in [0.2, 0.25) is 0 Å². The molecule has 1 aromatic carbocycles. The van der Waals surface area contributed by atoms with Gasteiger partial charge in [0.2, 0.25) is 11.8 Å². The maximum Gasteiger partial charge on any atom is 0.224 e. The van der Waals surface area contributed by atoms with Crippen molar-refractivity contribution < 1.29 is 14.3 Å². The highest BCUT2D eigenvalue weighted by atomic mass is 16.5. The molecule has 0 bridgehead atoms. The molecule has 0 unspecified atom stereocenters. The molecule has 0 spiro atoms. The lowest BCUT2D eigenvalue weighted by atomic mass is 10.2. The van der Waals surface area contributed by atoms with E-state index in [0.717, 1.165) is 0 Å². The fourth-order valence-electron chi connectivity index (χ4n) is 1.39. The van der Waals surface area contributed by atoms with Crippen LogP contribution < -0.4 is 21.5 Å². The van der Waals surface area contributed by atoms with E-state index >= 15 is 0 Å². The highest BCUT2D eigenvalue weighted by Crippen LogP contribution is 2.16. The molecule has 1 rings (SSSR count). The largest absolute Gasteiger partial charge is 0.493 e. The molecule has 0 heterocycles. The van der Waals surface area contributed by atoms with Crippen LogP contribution in [0.25, 0.3) is 0 Å². The number of benzene rings is 1. The molecular formula is C13H19N3O3. The minimum atomic E-state index is -0.399. The fourth-order valence-corrected chi connectivity index (χ4v) is 1.39. The molecular weight excluding hydrogens is 246 g/mol. The zero-order valence-corrected chi connectivity index (χ0v) is 10.7. The summed E-state index contributed by atoms with van der Waals surface area (Å²) in [6.45, 7) is 0.748. The van der Waals surface area contributed by atoms with Gasteiger partial charge in [-0.15, -0.1) is 0 Å². The normalized spacial score (nSPS) is 9.95. The summed E-state index contributed by atoms with van der Waals surface area (Å²) in [5.74, 6) is 0.165. The molecule has 0 saturated heterocycles. The van der Waals surface area contributed by atoms with Crippen molar-refractivity contribution in [1.29, 1.82) is 0 Å². The van der Waals surface area contributed by atoms with Crippen LogP contribution >= 0.6 is 0 Å². The van der Waals surface area contributed by atoms with Gasteiger partial charge in [-0.2, -0.15) is 0 Å². The van der Waals surface area contributed by atoms with Crippen LogP contribution in [0.1, 0.15) is 19.3 Å². The molecule has 0 aliphatic rings. The Bertz CT molecular complexity index is 418. The quantitative estimate of drug-likeness (QED) is 0.640. The zero-order chi connectivity index (χ0) is 14.1. The Balaban J connectivity index is 2.38. The molecule has 19 heavy (non-hydrogen) atoms. The van der Waals surface area contributed by atoms with Crippen molar-refractivity contribution in [3.63, 3.8) is 0 Å². The van der Waals surface area contributed by atoms with E-state index in [-0.39, 0.29) is 18.9 Å². The smallest absolute Gasteiger partial charge is 0.224 e. The predicted molar refractivity (Wildman–Crippen MR) is 72.7 cm³/mol. The van der Waals surface area contributed by atoms with Gasteiger partial charge < -0.3 is 21.5 Å². The number of carbonyl (C=O) groups excluding carboxylic acids is 2. The van der Waals surface area contributed by atoms with Gasteiger partial charge in [0, 0.05) is 12.1 Å². The number of hydrogen-bond acceptors (Lipinski definition) is 4. The maximum absolute atomic E-state index is 11.5. The third-order valence-electron chi connectivity index (χ3n) is 2.36. The number of hydrogen-bond donors (Lipinski definition) is 3. The SMILES string of the molecule is NCCCC(=O)Nc1ccc(OCCC(N)=O)cc1. The summed E-state index contributed by atoms with van der Waals surface area (Å²) >= 11 is 0. The summed E-state index contributed by atoms with van der Waals surface area (Å²) < 4.78 is 5.31. The molecule has 0 aliphatic carbocycles. The van der Waals surface area contributed by atoms with E-state index in [1.165, 1.54) is 0 Å². The molecule has 0 saturated carbocycles. The summed E-state index contributed by atoms with van der Waals surface area (Å²) in [7, 11) is 0. The first kappa shape index (κ1) is 15.0. The third-order valence-corrected chi connectivity index (χ3v) is 2.36. The molecule has 0 aliphatic heterocycles. The van der Waals surface area contributed by atoms with E-state index in [2.05, 4.69) is 5.32 Å². The van der Waals surface area contributed by atoms with Gasteiger partial charge in [-0.3, -0.25) is 9.59 Å². The Morgan fingerprint density at radius 1 is 1.16 bits per heavy atom. The van der Waals surface area contributed by atoms with Crippen molar-refractivity contribution in [3.05, 3.63) is 24.3 Å². The maximum atomic E-state index is 11.5. The number of nitrogens with two attached hydrogens (primary N) is 2. The van der Waals surface area contributed by atoms with E-state index in [4.69, 9.17) is 16.2 Å². The van der Waals surface area contributed by atoms with Gasteiger partial charge in [0.25, 0.3) is 0 Å². The molecule has 0 radical (unpaired) electrons. The van der Waals surface area contributed by atoms with Crippen LogP contribution in [0.4, 0.5) is 5.69 Å². The standard InChI is InChI=1S/C13H19N3O3/c14-8-1-2-13(18)16-10-3-5-11(6-4-10)19-9-7-12(15)17/h3-6H,1-2,7-9,14H2,(H2,15,17)(H,16,18). The molecule has 0 aromatic heterocycles. The Morgan fingerprint density at radius 2 is 1.84 bits per heavy atom. The molecule has 6 heteroatoms. The second-order valence-corrected chi connectivity index (χ2v) is 4.03. The van der Waals surface area contributed by atoms with Crippen LogP contribution in [0.15, 0.2) is 24.3 Å². The number of primary amides is 1. The number of ether oxygens (including phenoxy) is 1. The fraction of sp³-hybridized carbons (Fsp3) is 0.385.